The predicted octanol–water partition coefficient (Wildman–Crippen LogP) is 2.17. The number of esters is 1. The van der Waals surface area contributed by atoms with Gasteiger partial charge in [0.15, 0.2) is 0 Å². The zero-order chi connectivity index (χ0) is 12.8. The minimum absolute atomic E-state index is 0.323. The predicted molar refractivity (Wildman–Crippen MR) is 66.4 cm³/mol. The lowest BCUT2D eigenvalue weighted by atomic mass is 10.1. The first kappa shape index (κ1) is 13.8. The van der Waals surface area contributed by atoms with Gasteiger partial charge in [-0.15, -0.1) is 0 Å². The zero-order valence-electron chi connectivity index (χ0n) is 10.1. The van der Waals surface area contributed by atoms with Gasteiger partial charge in [0.05, 0.1) is 18.7 Å². The first-order valence-corrected chi connectivity index (χ1v) is 5.69. The van der Waals surface area contributed by atoms with Gasteiger partial charge in [0.1, 0.15) is 11.8 Å². The third kappa shape index (κ3) is 3.35. The Kier molecular flexibility index (Phi) is 5.25. The van der Waals surface area contributed by atoms with Gasteiger partial charge in [0.25, 0.3) is 0 Å². The molecule has 4 nitrogen and oxygen atoms in total. The van der Waals surface area contributed by atoms with E-state index in [2.05, 4.69) is 5.32 Å². The van der Waals surface area contributed by atoms with Crippen molar-refractivity contribution in [2.75, 3.05) is 20.8 Å². The van der Waals surface area contributed by atoms with Gasteiger partial charge in [0.2, 0.25) is 0 Å². The van der Waals surface area contributed by atoms with Crippen LogP contribution in [0.15, 0.2) is 18.2 Å². The first-order chi connectivity index (χ1) is 8.13. The Labute approximate surface area is 106 Å². The highest BCUT2D eigenvalue weighted by Crippen LogP contribution is 2.27. The van der Waals surface area contributed by atoms with E-state index in [-0.39, 0.29) is 5.97 Å². The van der Waals surface area contributed by atoms with E-state index in [1.807, 2.05) is 0 Å². The van der Waals surface area contributed by atoms with Crippen molar-refractivity contribution in [3.05, 3.63) is 28.8 Å². The molecule has 0 fully saturated rings. The van der Waals surface area contributed by atoms with Gasteiger partial charge in [-0.2, -0.15) is 0 Å². The van der Waals surface area contributed by atoms with E-state index >= 15 is 0 Å². The summed E-state index contributed by atoms with van der Waals surface area (Å²) in [6.45, 7) is 2.12. The summed E-state index contributed by atoms with van der Waals surface area (Å²) in [5.74, 6) is 0.255. The summed E-state index contributed by atoms with van der Waals surface area (Å²) >= 11 is 6.01. The molecule has 0 radical (unpaired) electrons. The molecule has 0 amide bonds. The van der Waals surface area contributed by atoms with Crippen LogP contribution >= 0.6 is 11.6 Å². The number of hydrogen-bond acceptors (Lipinski definition) is 4. The van der Waals surface area contributed by atoms with E-state index in [0.29, 0.717) is 17.4 Å². The van der Waals surface area contributed by atoms with Crippen molar-refractivity contribution in [2.45, 2.75) is 13.0 Å². The van der Waals surface area contributed by atoms with Gasteiger partial charge in [-0.1, -0.05) is 17.7 Å². The molecule has 0 saturated heterocycles. The van der Waals surface area contributed by atoms with Gasteiger partial charge in [-0.05, 0) is 31.7 Å². The van der Waals surface area contributed by atoms with E-state index in [1.54, 1.807) is 39.3 Å². The lowest BCUT2D eigenvalue weighted by Crippen LogP contribution is -2.27. The molecule has 5 heteroatoms. The molecule has 1 N–H and O–H groups in total. The summed E-state index contributed by atoms with van der Waals surface area (Å²) in [6, 6.07) is 4.68. The van der Waals surface area contributed by atoms with Crippen LogP contribution in [0.1, 0.15) is 18.5 Å². The molecule has 0 saturated carbocycles. The average Bonchev–Trinajstić information content (AvgIpc) is 2.30. The second kappa shape index (κ2) is 6.47. The molecule has 1 aromatic carbocycles. The van der Waals surface area contributed by atoms with E-state index in [0.717, 1.165) is 5.56 Å². The Morgan fingerprint density at radius 1 is 1.53 bits per heavy atom. The number of carbonyl (C=O) groups is 1. The standard InChI is InChI=1S/C12H16ClNO3/c1-4-17-12(15)11(14-2)8-5-6-10(16-3)9(13)7-8/h5-7,11,14H,4H2,1-3H3. The number of ether oxygens (including phenoxy) is 2. The molecule has 94 valence electrons. The molecular weight excluding hydrogens is 242 g/mol. The average molecular weight is 258 g/mol. The van der Waals surface area contributed by atoms with Crippen LogP contribution in [0, 0.1) is 0 Å². The maximum Gasteiger partial charge on any atom is 0.327 e. The highest BCUT2D eigenvalue weighted by Gasteiger charge is 2.20. The Hall–Kier alpha value is -1.26. The first-order valence-electron chi connectivity index (χ1n) is 5.31. The topological polar surface area (TPSA) is 47.6 Å². The summed E-state index contributed by atoms with van der Waals surface area (Å²) in [6.07, 6.45) is 0. The molecule has 1 aromatic rings. The SMILES string of the molecule is CCOC(=O)C(NC)c1ccc(OC)c(Cl)c1. The Balaban J connectivity index is 2.96. The summed E-state index contributed by atoms with van der Waals surface area (Å²) in [4.78, 5) is 11.7. The molecule has 1 rings (SSSR count). The molecule has 0 aliphatic rings. The fourth-order valence-electron chi connectivity index (χ4n) is 1.51. The fourth-order valence-corrected chi connectivity index (χ4v) is 1.77. The van der Waals surface area contributed by atoms with Crippen molar-refractivity contribution in [1.29, 1.82) is 0 Å². The largest absolute Gasteiger partial charge is 0.495 e. The van der Waals surface area contributed by atoms with E-state index in [1.165, 1.54) is 0 Å². The second-order valence-electron chi connectivity index (χ2n) is 3.37. The van der Waals surface area contributed by atoms with Crippen LogP contribution in [0.25, 0.3) is 0 Å². The molecular formula is C12H16ClNO3. The zero-order valence-corrected chi connectivity index (χ0v) is 10.9. The lowest BCUT2D eigenvalue weighted by molar-refractivity contribution is -0.145. The minimum atomic E-state index is -0.515. The number of methoxy groups -OCH3 is 1. The number of likely N-dealkylation sites (N-methyl/N-ethyl adjacent to an activating group) is 1. The summed E-state index contributed by atoms with van der Waals surface area (Å²) in [5, 5.41) is 3.36. The molecule has 0 aliphatic carbocycles. The molecule has 0 aromatic heterocycles. The molecule has 0 spiro atoms. The van der Waals surface area contributed by atoms with Gasteiger partial charge in [-0.25, -0.2) is 4.79 Å². The maximum atomic E-state index is 11.7. The van der Waals surface area contributed by atoms with Crippen molar-refractivity contribution >= 4 is 17.6 Å². The monoisotopic (exact) mass is 257 g/mol. The van der Waals surface area contributed by atoms with E-state index < -0.39 is 6.04 Å². The maximum absolute atomic E-state index is 11.7. The minimum Gasteiger partial charge on any atom is -0.495 e. The van der Waals surface area contributed by atoms with Crippen molar-refractivity contribution < 1.29 is 14.3 Å². The van der Waals surface area contributed by atoms with Crippen molar-refractivity contribution in [1.82, 2.24) is 5.32 Å². The van der Waals surface area contributed by atoms with Gasteiger partial charge >= 0.3 is 5.97 Å². The smallest absolute Gasteiger partial charge is 0.327 e. The van der Waals surface area contributed by atoms with E-state index in [4.69, 9.17) is 21.1 Å². The number of carbonyl (C=O) groups excluding carboxylic acids is 1. The van der Waals surface area contributed by atoms with Crippen LogP contribution in [0.3, 0.4) is 0 Å². The molecule has 1 atom stereocenters. The van der Waals surface area contributed by atoms with Crippen LogP contribution in [0.5, 0.6) is 5.75 Å². The highest BCUT2D eigenvalue weighted by atomic mass is 35.5. The summed E-state index contributed by atoms with van der Waals surface area (Å²) in [7, 11) is 3.24. The third-order valence-corrected chi connectivity index (χ3v) is 2.62. The van der Waals surface area contributed by atoms with Crippen LogP contribution < -0.4 is 10.1 Å². The van der Waals surface area contributed by atoms with Crippen LogP contribution in [0.2, 0.25) is 5.02 Å². The number of rotatable bonds is 5. The number of nitrogens with one attached hydrogen (secondary N) is 1. The number of hydrogen-bond donors (Lipinski definition) is 1. The van der Waals surface area contributed by atoms with Crippen molar-refractivity contribution in [3.63, 3.8) is 0 Å². The lowest BCUT2D eigenvalue weighted by Gasteiger charge is -2.16. The van der Waals surface area contributed by atoms with Crippen molar-refractivity contribution in [3.8, 4) is 5.75 Å². The van der Waals surface area contributed by atoms with Gasteiger partial charge in [0, 0.05) is 0 Å². The molecule has 17 heavy (non-hydrogen) atoms. The van der Waals surface area contributed by atoms with Gasteiger partial charge in [-0.3, -0.25) is 0 Å². The summed E-state index contributed by atoms with van der Waals surface area (Å²) < 4.78 is 10.0. The third-order valence-electron chi connectivity index (χ3n) is 2.32. The quantitative estimate of drug-likeness (QED) is 0.822. The molecule has 0 aliphatic heterocycles. The number of benzene rings is 1. The van der Waals surface area contributed by atoms with Gasteiger partial charge < -0.3 is 14.8 Å². The normalized spacial score (nSPS) is 12.0. The Morgan fingerprint density at radius 3 is 2.71 bits per heavy atom. The van der Waals surface area contributed by atoms with Crippen LogP contribution in [-0.4, -0.2) is 26.7 Å². The van der Waals surface area contributed by atoms with Crippen LogP contribution in [-0.2, 0) is 9.53 Å². The molecule has 1 unspecified atom stereocenters. The Morgan fingerprint density at radius 2 is 2.24 bits per heavy atom. The second-order valence-corrected chi connectivity index (χ2v) is 3.77. The molecule has 0 bridgehead atoms. The summed E-state index contributed by atoms with van der Waals surface area (Å²) in [5.41, 5.74) is 0.747. The molecule has 0 heterocycles. The fraction of sp³-hybridized carbons (Fsp3) is 0.417. The van der Waals surface area contributed by atoms with Crippen molar-refractivity contribution in [2.24, 2.45) is 0 Å². The highest BCUT2D eigenvalue weighted by molar-refractivity contribution is 6.32. The Bertz CT molecular complexity index is 395. The van der Waals surface area contributed by atoms with Crippen LogP contribution in [0.4, 0.5) is 0 Å². The van der Waals surface area contributed by atoms with E-state index in [9.17, 15) is 4.79 Å². The number of halogens is 1.